The maximum atomic E-state index is 13.0. The van der Waals surface area contributed by atoms with Crippen LogP contribution in [0, 0.1) is 51.7 Å². The Hall–Kier alpha value is -13.3. The first-order valence-electron chi connectivity index (χ1n) is 38.7. The lowest BCUT2D eigenvalue weighted by Gasteiger charge is -2.15. The molecular weight excluding hydrogens is 1850 g/mol. The summed E-state index contributed by atoms with van der Waals surface area (Å²) in [4.78, 5) is 58.1. The van der Waals surface area contributed by atoms with E-state index < -0.39 is 131 Å². The number of nitrogens with one attached hydrogen (secondary N) is 4. The fourth-order valence-corrected chi connectivity index (χ4v) is 22.0. The number of aliphatic hydroxyl groups is 1. The number of hydrogen-bond donors (Lipinski definition) is 5. The number of hydrogen-bond acceptors (Lipinski definition) is 27. The summed E-state index contributed by atoms with van der Waals surface area (Å²) in [7, 11) is -26.9. The average Bonchev–Trinajstić information content (AvgIpc) is 0.801. The Morgan fingerprint density at radius 2 is 0.450 bits per heavy atom. The summed E-state index contributed by atoms with van der Waals surface area (Å²) >= 11 is 0. The summed E-state index contributed by atoms with van der Waals surface area (Å²) < 4.78 is 235. The van der Waals surface area contributed by atoms with Crippen LogP contribution < -0.4 is 18.9 Å². The van der Waals surface area contributed by atoms with Gasteiger partial charge in [0.05, 0.1) is 147 Å². The molecule has 0 atom stereocenters. The molecule has 0 saturated carbocycles. The highest BCUT2D eigenvalue weighted by atomic mass is 32.2. The quantitative estimate of drug-likeness (QED) is 0.0121. The summed E-state index contributed by atoms with van der Waals surface area (Å²) in [6.45, 7) is 10.8. The minimum absolute atomic E-state index is 0.0181. The third-order valence-corrected chi connectivity index (χ3v) is 31.7. The molecule has 0 aliphatic rings. The van der Waals surface area contributed by atoms with Gasteiger partial charge in [-0.2, -0.15) is 0 Å². The van der Waals surface area contributed by atoms with Crippen molar-refractivity contribution in [2.45, 2.75) is 110 Å². The van der Waals surface area contributed by atoms with Crippen LogP contribution in [-0.2, 0) is 128 Å². The van der Waals surface area contributed by atoms with Gasteiger partial charge in [0, 0.05) is 12.1 Å². The molecule has 12 aromatic rings. The van der Waals surface area contributed by atoms with Crippen molar-refractivity contribution >= 4 is 132 Å². The molecular formula is C91H89N5O27S8. The van der Waals surface area contributed by atoms with Gasteiger partial charge in [-0.1, -0.05) is 118 Å². The third kappa shape index (κ3) is 27.4. The summed E-state index contributed by atoms with van der Waals surface area (Å²) in [6, 6.07) is 63.3. The van der Waals surface area contributed by atoms with Crippen molar-refractivity contribution in [3.05, 3.63) is 360 Å². The number of sulfone groups is 4. The smallest absolute Gasteiger partial charge is 0.337 e. The van der Waals surface area contributed by atoms with E-state index in [0.717, 1.165) is 64.8 Å². The second-order valence-electron chi connectivity index (χ2n) is 29.3. The molecule has 0 spiro atoms. The molecule has 0 aliphatic heterocycles. The van der Waals surface area contributed by atoms with E-state index in [1.165, 1.54) is 191 Å². The number of non-ortho nitro benzene ring substituents is 1. The zero-order valence-electron chi connectivity index (χ0n) is 71.7. The fraction of sp³-hybridized carbons (Fsp3) is 0.165. The number of anilines is 4. The van der Waals surface area contributed by atoms with E-state index in [2.05, 4.69) is 23.6 Å². The number of nitrogens with zero attached hydrogens (tertiary/aromatic N) is 1. The largest absolute Gasteiger partial charge is 0.465 e. The minimum Gasteiger partial charge on any atom is -0.465 e. The molecule has 0 aliphatic carbocycles. The zero-order valence-corrected chi connectivity index (χ0v) is 78.2. The molecule has 0 radical (unpaired) electrons. The van der Waals surface area contributed by atoms with Gasteiger partial charge in [0.1, 0.15) is 0 Å². The van der Waals surface area contributed by atoms with Crippen molar-refractivity contribution in [2.24, 2.45) is 0 Å². The molecule has 0 fully saturated rings. The maximum Gasteiger partial charge on any atom is 0.337 e. The van der Waals surface area contributed by atoms with Gasteiger partial charge >= 0.3 is 23.9 Å². The first-order valence-corrected chi connectivity index (χ1v) is 51.3. The number of carbonyl (C=O) groups is 4. The summed E-state index contributed by atoms with van der Waals surface area (Å²) in [6.07, 6.45) is 0. The fourth-order valence-electron chi connectivity index (χ4n) is 12.1. The number of rotatable bonds is 30. The number of esters is 4. The van der Waals surface area contributed by atoms with Crippen molar-refractivity contribution in [3.8, 4) is 0 Å². The first-order chi connectivity index (χ1) is 61.5. The Balaban J connectivity index is 0.000000197. The maximum absolute atomic E-state index is 13.0. The Bertz CT molecular complexity index is 7030. The van der Waals surface area contributed by atoms with Gasteiger partial charge < -0.3 is 24.1 Å². The van der Waals surface area contributed by atoms with E-state index in [-0.39, 0.29) is 119 Å². The lowest BCUT2D eigenvalue weighted by molar-refractivity contribution is -0.384. The van der Waals surface area contributed by atoms with Gasteiger partial charge in [-0.25, -0.2) is 86.5 Å². The monoisotopic (exact) mass is 1940 g/mol. The molecule has 32 nitrogen and oxygen atoms in total. The van der Waals surface area contributed by atoms with Crippen LogP contribution in [0.2, 0.25) is 0 Å². The normalized spacial score (nSPS) is 11.7. The number of aryl methyl sites for hydroxylation is 6. The number of nitro benzene ring substituents is 1. The highest BCUT2D eigenvalue weighted by Gasteiger charge is 2.29. The van der Waals surface area contributed by atoms with Crippen molar-refractivity contribution in [1.82, 2.24) is 0 Å². The van der Waals surface area contributed by atoms with Gasteiger partial charge in [0.25, 0.3) is 45.8 Å². The molecule has 688 valence electrons. The molecule has 0 amide bonds. The van der Waals surface area contributed by atoms with Gasteiger partial charge in [0.15, 0.2) is 39.3 Å². The number of carbonyl (C=O) groups excluding carboxylic acids is 4. The SMILES string of the molecule is COC(=O)c1ccc(NS(=O)(=O)c2ccc(C)cc2)c(CS(=O)(=O)c2ccc(C)cc2)c1.COC(=O)c1ccc(NS(=O)(=O)c2ccc(C)cc2)c(CS(=O)(=O)c2ccc(C)cc2)c1.COC(=O)c1ccc(NS(=O)(=O)c2ccc(CO)cc2)c(CS(=O)(=O)c2ccc(C)cc2)c1.COC(=O)c1ccc(NS(=O)(=O)c2ccc([N+](=O)[O-])cc2)c(CS(=O)(=O)c2ccc(C)cc2)c1. The molecule has 40 heteroatoms. The standard InChI is InChI=1S/C23H23NO7S2.2C23H23NO6S2.C22H20N2O8S2/c1-16-3-8-20(9-4-16)32(27,28)15-19-13-18(23(26)31-2)7-12-22(19)24-33(29,30)21-10-5-17(14-25)6-11-21;2*1-16-4-9-20(10-5-16)31(26,27)15-19-14-18(23(25)30-3)8-13-22(19)24-32(28,29)21-11-6-17(2)7-12-21;1-15-3-8-19(9-4-15)33(28,29)14-17-13-16(22(25)32-2)5-12-21(17)23-34(30,31)20-10-6-18(7-11-20)24(26)27/h3-13,24-25H,14-15H2,1-2H3;2*4-14,24H,15H2,1-3H3;3-13,23H,14H2,1-2H3. The Kier molecular flexibility index (Phi) is 33.3. The number of aliphatic hydroxyl groups excluding tert-OH is 1. The first kappa shape index (κ1) is 101. The van der Waals surface area contributed by atoms with Crippen molar-refractivity contribution < 1.29 is 115 Å². The molecule has 0 unspecified atom stereocenters. The number of sulfonamides is 4. The van der Waals surface area contributed by atoms with E-state index in [1.54, 1.807) is 79.7 Å². The van der Waals surface area contributed by atoms with E-state index >= 15 is 0 Å². The van der Waals surface area contributed by atoms with Crippen LogP contribution in [0.5, 0.6) is 0 Å². The predicted molar refractivity (Wildman–Crippen MR) is 490 cm³/mol. The van der Waals surface area contributed by atoms with Gasteiger partial charge in [-0.3, -0.25) is 29.0 Å². The molecule has 0 aromatic heterocycles. The van der Waals surface area contributed by atoms with E-state index in [0.29, 0.717) is 5.56 Å². The van der Waals surface area contributed by atoms with Crippen LogP contribution in [0.15, 0.2) is 306 Å². The number of methoxy groups -OCH3 is 4. The number of nitro groups is 1. The van der Waals surface area contributed by atoms with Crippen LogP contribution in [0.1, 0.15) is 103 Å². The summed E-state index contributed by atoms with van der Waals surface area (Å²) in [5.41, 5.74) is 6.42. The molecule has 0 saturated heterocycles. The van der Waals surface area contributed by atoms with Crippen LogP contribution >= 0.6 is 0 Å². The van der Waals surface area contributed by atoms with E-state index in [4.69, 9.17) is 19.3 Å². The third-order valence-electron chi connectivity index (χ3n) is 19.4. The zero-order chi connectivity index (χ0) is 96.4. The van der Waals surface area contributed by atoms with Gasteiger partial charge in [-0.15, -0.1) is 0 Å². The summed E-state index contributed by atoms with van der Waals surface area (Å²) in [5, 5.41) is 20.0. The van der Waals surface area contributed by atoms with Crippen LogP contribution in [0.4, 0.5) is 28.4 Å². The molecule has 0 bridgehead atoms. The molecule has 12 aromatic carbocycles. The van der Waals surface area contributed by atoms with Crippen LogP contribution in [-0.4, -0.2) is 130 Å². The molecule has 5 N–H and O–H groups in total. The Labute approximate surface area is 759 Å². The Morgan fingerprint density at radius 3 is 0.626 bits per heavy atom. The number of ether oxygens (including phenoxy) is 4. The van der Waals surface area contributed by atoms with Gasteiger partial charge in [0.2, 0.25) is 0 Å². The minimum atomic E-state index is -4.23. The van der Waals surface area contributed by atoms with Crippen molar-refractivity contribution in [1.29, 1.82) is 0 Å². The van der Waals surface area contributed by atoms with Crippen LogP contribution in [0.3, 0.4) is 0 Å². The lowest BCUT2D eigenvalue weighted by atomic mass is 10.1. The highest BCUT2D eigenvalue weighted by Crippen LogP contribution is 2.34. The second kappa shape index (κ2) is 42.9. The molecule has 0 heterocycles. The molecule has 12 rings (SSSR count). The predicted octanol–water partition coefficient (Wildman–Crippen LogP) is 14.2. The second-order valence-corrected chi connectivity index (χ2v) is 44.0. The van der Waals surface area contributed by atoms with Crippen molar-refractivity contribution in [2.75, 3.05) is 47.3 Å². The van der Waals surface area contributed by atoms with Gasteiger partial charge in [-0.05, 0) is 239 Å². The van der Waals surface area contributed by atoms with E-state index in [1.807, 2.05) is 34.6 Å². The Morgan fingerprint density at radius 1 is 0.275 bits per heavy atom. The molecule has 131 heavy (non-hydrogen) atoms. The van der Waals surface area contributed by atoms with Crippen molar-refractivity contribution in [3.63, 3.8) is 0 Å². The highest BCUT2D eigenvalue weighted by molar-refractivity contribution is 7.94. The lowest BCUT2D eigenvalue weighted by Crippen LogP contribution is -2.16. The number of benzene rings is 12. The van der Waals surface area contributed by atoms with E-state index in [9.17, 15) is 96.6 Å². The van der Waals surface area contributed by atoms with Crippen LogP contribution in [0.25, 0.3) is 0 Å². The topological polar surface area (TPSA) is 490 Å². The summed E-state index contributed by atoms with van der Waals surface area (Å²) in [5.74, 6) is -4.88. The average molecular weight is 1940 g/mol.